The van der Waals surface area contributed by atoms with Crippen LogP contribution < -0.4 is 5.32 Å². The summed E-state index contributed by atoms with van der Waals surface area (Å²) in [4.78, 5) is 23.4. The van der Waals surface area contributed by atoms with Crippen molar-refractivity contribution < 1.29 is 9.72 Å². The molecule has 2 aromatic carbocycles. The average Bonchev–Trinajstić information content (AvgIpc) is 3.15. The monoisotopic (exact) mass is 392 g/mol. The standard InChI is InChI=1S/C22H24N4O3/c1-5-16(4)23-22(27)21-13-19(17-8-10-18(11-9-17)26(28)29)24-25(21)20-12-14(2)6-7-15(20)3/h6-13,16H,5H2,1-4H3,(H,23,27)/t16-/m1/s1. The van der Waals surface area contributed by atoms with E-state index < -0.39 is 4.92 Å². The van der Waals surface area contributed by atoms with Crippen LogP contribution in [0, 0.1) is 24.0 Å². The Bertz CT molecular complexity index is 1050. The highest BCUT2D eigenvalue weighted by atomic mass is 16.6. The molecule has 29 heavy (non-hydrogen) atoms. The van der Waals surface area contributed by atoms with Crippen molar-refractivity contribution in [1.29, 1.82) is 0 Å². The van der Waals surface area contributed by atoms with Gasteiger partial charge in [0, 0.05) is 23.7 Å². The van der Waals surface area contributed by atoms with E-state index in [4.69, 9.17) is 0 Å². The molecule has 1 aromatic heterocycles. The first-order chi connectivity index (χ1) is 13.8. The second-order valence-corrected chi connectivity index (χ2v) is 7.20. The number of rotatable bonds is 6. The van der Waals surface area contributed by atoms with Crippen LogP contribution in [0.15, 0.2) is 48.5 Å². The number of benzene rings is 2. The number of carbonyl (C=O) groups excluding carboxylic acids is 1. The first kappa shape index (κ1) is 20.3. The molecule has 1 heterocycles. The molecule has 0 saturated carbocycles. The fourth-order valence-electron chi connectivity index (χ4n) is 2.97. The summed E-state index contributed by atoms with van der Waals surface area (Å²) in [6, 6.07) is 13.9. The van der Waals surface area contributed by atoms with Gasteiger partial charge >= 0.3 is 0 Å². The van der Waals surface area contributed by atoms with Crippen LogP contribution in [0.25, 0.3) is 16.9 Å². The summed E-state index contributed by atoms with van der Waals surface area (Å²) in [5.74, 6) is -0.207. The van der Waals surface area contributed by atoms with Crippen molar-refractivity contribution in [3.8, 4) is 16.9 Å². The van der Waals surface area contributed by atoms with Gasteiger partial charge in [0.25, 0.3) is 11.6 Å². The van der Waals surface area contributed by atoms with Gasteiger partial charge in [-0.25, -0.2) is 4.68 Å². The number of aromatic nitrogens is 2. The van der Waals surface area contributed by atoms with E-state index in [0.29, 0.717) is 17.0 Å². The van der Waals surface area contributed by atoms with Gasteiger partial charge in [0.15, 0.2) is 0 Å². The van der Waals surface area contributed by atoms with Gasteiger partial charge in [-0.15, -0.1) is 0 Å². The predicted molar refractivity (Wildman–Crippen MR) is 112 cm³/mol. The van der Waals surface area contributed by atoms with Crippen LogP contribution in [0.1, 0.15) is 41.9 Å². The maximum absolute atomic E-state index is 12.9. The molecule has 0 aliphatic rings. The van der Waals surface area contributed by atoms with Crippen LogP contribution in [-0.2, 0) is 0 Å². The summed E-state index contributed by atoms with van der Waals surface area (Å²) >= 11 is 0. The maximum atomic E-state index is 12.9. The lowest BCUT2D eigenvalue weighted by Gasteiger charge is -2.14. The van der Waals surface area contributed by atoms with Crippen molar-refractivity contribution in [3.05, 3.63) is 75.5 Å². The maximum Gasteiger partial charge on any atom is 0.270 e. The van der Waals surface area contributed by atoms with Gasteiger partial charge in [-0.05, 0) is 62.6 Å². The van der Waals surface area contributed by atoms with Crippen LogP contribution in [-0.4, -0.2) is 26.7 Å². The zero-order valence-electron chi connectivity index (χ0n) is 17.0. The molecule has 1 atom stereocenters. The van der Waals surface area contributed by atoms with Gasteiger partial charge in [-0.2, -0.15) is 5.10 Å². The fraction of sp³-hybridized carbons (Fsp3) is 0.273. The van der Waals surface area contributed by atoms with Gasteiger partial charge in [-0.1, -0.05) is 19.1 Å². The largest absolute Gasteiger partial charge is 0.348 e. The third-order valence-electron chi connectivity index (χ3n) is 4.90. The first-order valence-corrected chi connectivity index (χ1v) is 9.53. The molecule has 0 spiro atoms. The molecule has 3 rings (SSSR count). The zero-order valence-corrected chi connectivity index (χ0v) is 17.0. The summed E-state index contributed by atoms with van der Waals surface area (Å²) < 4.78 is 1.65. The minimum atomic E-state index is -0.441. The second kappa shape index (κ2) is 8.26. The van der Waals surface area contributed by atoms with Crippen LogP contribution >= 0.6 is 0 Å². The predicted octanol–water partition coefficient (Wildman–Crippen LogP) is 4.59. The number of aryl methyl sites for hydroxylation is 2. The molecule has 0 aliphatic heterocycles. The summed E-state index contributed by atoms with van der Waals surface area (Å²) in [7, 11) is 0. The van der Waals surface area contributed by atoms with Gasteiger partial charge in [0.1, 0.15) is 5.69 Å². The number of hydrogen-bond acceptors (Lipinski definition) is 4. The number of hydrogen-bond donors (Lipinski definition) is 1. The second-order valence-electron chi connectivity index (χ2n) is 7.20. The van der Waals surface area contributed by atoms with E-state index in [2.05, 4.69) is 10.4 Å². The van der Waals surface area contributed by atoms with Gasteiger partial charge in [0.2, 0.25) is 0 Å². The van der Waals surface area contributed by atoms with E-state index in [9.17, 15) is 14.9 Å². The van der Waals surface area contributed by atoms with Crippen LogP contribution in [0.5, 0.6) is 0 Å². The number of nitro groups is 1. The normalized spacial score (nSPS) is 11.9. The molecule has 0 radical (unpaired) electrons. The van der Waals surface area contributed by atoms with Crippen LogP contribution in [0.4, 0.5) is 5.69 Å². The molecule has 1 amide bonds. The molecule has 0 unspecified atom stereocenters. The third-order valence-corrected chi connectivity index (χ3v) is 4.90. The highest BCUT2D eigenvalue weighted by Crippen LogP contribution is 2.25. The van der Waals surface area contributed by atoms with Crippen molar-refractivity contribution in [2.45, 2.75) is 40.2 Å². The molecule has 1 N–H and O–H groups in total. The molecule has 7 heteroatoms. The lowest BCUT2D eigenvalue weighted by atomic mass is 10.1. The highest BCUT2D eigenvalue weighted by Gasteiger charge is 2.20. The summed E-state index contributed by atoms with van der Waals surface area (Å²) in [6.07, 6.45) is 0.818. The van der Waals surface area contributed by atoms with Crippen molar-refractivity contribution >= 4 is 11.6 Å². The topological polar surface area (TPSA) is 90.1 Å². The Hall–Kier alpha value is -3.48. The number of amides is 1. The SMILES string of the molecule is CC[C@@H](C)NC(=O)c1cc(-c2ccc([N+](=O)[O-])cc2)nn1-c1cc(C)ccc1C. The summed E-state index contributed by atoms with van der Waals surface area (Å²) in [6.45, 7) is 7.92. The van der Waals surface area contributed by atoms with Gasteiger partial charge in [-0.3, -0.25) is 14.9 Å². The molecule has 150 valence electrons. The quantitative estimate of drug-likeness (QED) is 0.491. The minimum absolute atomic E-state index is 0.0115. The Labute approximate surface area is 169 Å². The van der Waals surface area contributed by atoms with E-state index in [1.54, 1.807) is 22.9 Å². The molecule has 0 bridgehead atoms. The first-order valence-electron chi connectivity index (χ1n) is 9.53. The molecule has 0 saturated heterocycles. The Kier molecular flexibility index (Phi) is 5.77. The number of carbonyl (C=O) groups is 1. The van der Waals surface area contributed by atoms with E-state index in [1.165, 1.54) is 12.1 Å². The van der Waals surface area contributed by atoms with Crippen molar-refractivity contribution in [2.24, 2.45) is 0 Å². The molecule has 3 aromatic rings. The fourth-order valence-corrected chi connectivity index (χ4v) is 2.97. The number of nitrogens with zero attached hydrogens (tertiary/aromatic N) is 3. The Morgan fingerprint density at radius 2 is 1.86 bits per heavy atom. The van der Waals surface area contributed by atoms with Crippen LogP contribution in [0.3, 0.4) is 0 Å². The van der Waals surface area contributed by atoms with Gasteiger partial charge < -0.3 is 5.32 Å². The molecular formula is C22H24N4O3. The molecule has 0 fully saturated rings. The average molecular weight is 392 g/mol. The van der Waals surface area contributed by atoms with E-state index in [0.717, 1.165) is 23.2 Å². The van der Waals surface area contributed by atoms with Crippen molar-refractivity contribution in [3.63, 3.8) is 0 Å². The Morgan fingerprint density at radius 1 is 1.17 bits per heavy atom. The molecular weight excluding hydrogens is 368 g/mol. The van der Waals surface area contributed by atoms with E-state index >= 15 is 0 Å². The third kappa shape index (κ3) is 4.34. The number of nitrogens with one attached hydrogen (secondary N) is 1. The lowest BCUT2D eigenvalue weighted by molar-refractivity contribution is -0.384. The van der Waals surface area contributed by atoms with E-state index in [1.807, 2.05) is 45.9 Å². The molecule has 0 aliphatic carbocycles. The molecule has 7 nitrogen and oxygen atoms in total. The highest BCUT2D eigenvalue weighted by molar-refractivity contribution is 5.94. The smallest absolute Gasteiger partial charge is 0.270 e. The summed E-state index contributed by atoms with van der Waals surface area (Å²) in [5.41, 5.74) is 4.60. The van der Waals surface area contributed by atoms with E-state index in [-0.39, 0.29) is 17.6 Å². The lowest BCUT2D eigenvalue weighted by Crippen LogP contribution is -2.33. The Balaban J connectivity index is 2.11. The van der Waals surface area contributed by atoms with Crippen molar-refractivity contribution in [1.82, 2.24) is 15.1 Å². The minimum Gasteiger partial charge on any atom is -0.348 e. The summed E-state index contributed by atoms with van der Waals surface area (Å²) in [5, 5.41) is 18.6. The van der Waals surface area contributed by atoms with Gasteiger partial charge in [0.05, 0.1) is 16.3 Å². The van der Waals surface area contributed by atoms with Crippen LogP contribution in [0.2, 0.25) is 0 Å². The Morgan fingerprint density at radius 3 is 2.48 bits per heavy atom. The number of nitro benzene ring substituents is 1. The number of non-ortho nitro benzene ring substituents is 1. The zero-order chi connectivity index (χ0) is 21.1. The van der Waals surface area contributed by atoms with Crippen molar-refractivity contribution in [2.75, 3.05) is 0 Å².